The summed E-state index contributed by atoms with van der Waals surface area (Å²) in [5.41, 5.74) is 1.61. The molecule has 1 amide bonds. The first-order valence-electron chi connectivity index (χ1n) is 11.1. The van der Waals surface area contributed by atoms with Crippen LogP contribution in [0.2, 0.25) is 0 Å². The lowest BCUT2D eigenvalue weighted by atomic mass is 9.88. The number of hydrogen-bond acceptors (Lipinski definition) is 6. The molecule has 0 saturated carbocycles. The number of Topliss-reactive ketones (excluding diaryl/α,β-unsaturated/α-hetero) is 1. The number of methoxy groups -OCH3 is 1. The standard InChI is InChI=1S/C25H30N2O5/c1-17(20-5-3-4-6-21(20)30-2)26-24(28)16-27-11-9-18(10-12-27)25(29)19-7-8-22-23(15-19)32-14-13-31-22/h3-8,15,17-18H,9-14,16H2,1-2H3,(H,26,28)/t17-/m1/s1. The van der Waals surface area contributed by atoms with E-state index in [1.54, 1.807) is 13.2 Å². The summed E-state index contributed by atoms with van der Waals surface area (Å²) in [5, 5.41) is 3.05. The summed E-state index contributed by atoms with van der Waals surface area (Å²) in [7, 11) is 1.63. The predicted molar refractivity (Wildman–Crippen MR) is 120 cm³/mol. The maximum absolute atomic E-state index is 13.0. The molecular formula is C25H30N2O5. The van der Waals surface area contributed by atoms with E-state index < -0.39 is 0 Å². The fourth-order valence-corrected chi connectivity index (χ4v) is 4.38. The number of rotatable bonds is 7. The third-order valence-corrected chi connectivity index (χ3v) is 6.14. The van der Waals surface area contributed by atoms with Crippen molar-refractivity contribution >= 4 is 11.7 Å². The average Bonchev–Trinajstić information content (AvgIpc) is 2.83. The van der Waals surface area contributed by atoms with Gasteiger partial charge in [0, 0.05) is 17.0 Å². The number of carbonyl (C=O) groups excluding carboxylic acids is 2. The molecular weight excluding hydrogens is 408 g/mol. The van der Waals surface area contributed by atoms with E-state index in [4.69, 9.17) is 14.2 Å². The number of amides is 1. The summed E-state index contributed by atoms with van der Waals surface area (Å²) in [6, 6.07) is 13.0. The van der Waals surface area contributed by atoms with Gasteiger partial charge in [0.25, 0.3) is 0 Å². The van der Waals surface area contributed by atoms with Crippen molar-refractivity contribution in [1.29, 1.82) is 0 Å². The molecule has 0 spiro atoms. The highest BCUT2D eigenvalue weighted by atomic mass is 16.6. The van der Waals surface area contributed by atoms with Gasteiger partial charge in [0.2, 0.25) is 5.91 Å². The number of fused-ring (bicyclic) bond motifs is 1. The second-order valence-electron chi connectivity index (χ2n) is 8.30. The Bertz CT molecular complexity index is 969. The summed E-state index contributed by atoms with van der Waals surface area (Å²) in [5.74, 6) is 2.16. The minimum absolute atomic E-state index is 0.0278. The van der Waals surface area contributed by atoms with Crippen LogP contribution in [-0.2, 0) is 4.79 Å². The van der Waals surface area contributed by atoms with Crippen LogP contribution in [0.3, 0.4) is 0 Å². The molecule has 2 aromatic rings. The monoisotopic (exact) mass is 438 g/mol. The van der Waals surface area contributed by atoms with Gasteiger partial charge in [0.05, 0.1) is 19.7 Å². The average molecular weight is 439 g/mol. The van der Waals surface area contributed by atoms with Crippen molar-refractivity contribution in [2.45, 2.75) is 25.8 Å². The van der Waals surface area contributed by atoms with Gasteiger partial charge < -0.3 is 19.5 Å². The van der Waals surface area contributed by atoms with E-state index >= 15 is 0 Å². The molecule has 0 unspecified atom stereocenters. The highest BCUT2D eigenvalue weighted by molar-refractivity contribution is 5.98. The van der Waals surface area contributed by atoms with Gasteiger partial charge in [-0.3, -0.25) is 14.5 Å². The second-order valence-corrected chi connectivity index (χ2v) is 8.30. The first kappa shape index (κ1) is 22.1. The third-order valence-electron chi connectivity index (χ3n) is 6.14. The van der Waals surface area contributed by atoms with Gasteiger partial charge in [-0.25, -0.2) is 0 Å². The predicted octanol–water partition coefficient (Wildman–Crippen LogP) is 3.24. The molecule has 0 radical (unpaired) electrons. The number of carbonyl (C=O) groups is 2. The minimum Gasteiger partial charge on any atom is -0.496 e. The zero-order valence-corrected chi connectivity index (χ0v) is 18.6. The molecule has 32 heavy (non-hydrogen) atoms. The van der Waals surface area contributed by atoms with Crippen molar-refractivity contribution in [2.75, 3.05) is 40.0 Å². The van der Waals surface area contributed by atoms with Gasteiger partial charge in [-0.05, 0) is 57.1 Å². The van der Waals surface area contributed by atoms with E-state index in [1.165, 1.54) is 0 Å². The van der Waals surface area contributed by atoms with Crippen LogP contribution in [-0.4, -0.2) is 56.5 Å². The zero-order chi connectivity index (χ0) is 22.5. The van der Waals surface area contributed by atoms with Gasteiger partial charge in [-0.1, -0.05) is 18.2 Å². The van der Waals surface area contributed by atoms with Crippen molar-refractivity contribution in [3.05, 3.63) is 53.6 Å². The first-order valence-corrected chi connectivity index (χ1v) is 11.1. The number of piperidine rings is 1. The number of hydrogen-bond donors (Lipinski definition) is 1. The zero-order valence-electron chi connectivity index (χ0n) is 18.6. The highest BCUT2D eigenvalue weighted by Gasteiger charge is 2.28. The van der Waals surface area contributed by atoms with Crippen LogP contribution in [0.1, 0.15) is 41.7 Å². The number of nitrogens with one attached hydrogen (secondary N) is 1. The van der Waals surface area contributed by atoms with Crippen LogP contribution in [0.4, 0.5) is 0 Å². The smallest absolute Gasteiger partial charge is 0.234 e. The van der Waals surface area contributed by atoms with Gasteiger partial charge in [0.1, 0.15) is 19.0 Å². The lowest BCUT2D eigenvalue weighted by molar-refractivity contribution is -0.123. The van der Waals surface area contributed by atoms with Gasteiger partial charge in [-0.2, -0.15) is 0 Å². The molecule has 2 heterocycles. The Labute approximate surface area is 188 Å². The van der Waals surface area contributed by atoms with E-state index in [0.29, 0.717) is 36.8 Å². The Morgan fingerprint density at radius 2 is 1.81 bits per heavy atom. The molecule has 1 atom stereocenters. The number of para-hydroxylation sites is 1. The molecule has 0 aliphatic carbocycles. The molecule has 0 bridgehead atoms. The molecule has 2 aliphatic rings. The minimum atomic E-state index is -0.145. The van der Waals surface area contributed by atoms with E-state index in [-0.39, 0.29) is 23.7 Å². The van der Waals surface area contributed by atoms with Gasteiger partial charge in [0.15, 0.2) is 17.3 Å². The van der Waals surface area contributed by atoms with Crippen LogP contribution < -0.4 is 19.5 Å². The largest absolute Gasteiger partial charge is 0.496 e. The Hall–Kier alpha value is -3.06. The summed E-state index contributed by atoms with van der Waals surface area (Å²) in [6.07, 6.45) is 1.48. The summed E-state index contributed by atoms with van der Waals surface area (Å²) < 4.78 is 16.5. The van der Waals surface area contributed by atoms with Crippen LogP contribution in [0, 0.1) is 5.92 Å². The lowest BCUT2D eigenvalue weighted by Crippen LogP contribution is -2.43. The Kier molecular flexibility index (Phi) is 6.95. The maximum Gasteiger partial charge on any atom is 0.234 e. The highest BCUT2D eigenvalue weighted by Crippen LogP contribution is 2.32. The molecule has 7 nitrogen and oxygen atoms in total. The van der Waals surface area contributed by atoms with Crippen molar-refractivity contribution in [2.24, 2.45) is 5.92 Å². The van der Waals surface area contributed by atoms with Crippen LogP contribution in [0.25, 0.3) is 0 Å². The molecule has 2 aliphatic heterocycles. The van der Waals surface area contributed by atoms with Crippen molar-refractivity contribution in [3.8, 4) is 17.2 Å². The van der Waals surface area contributed by atoms with E-state index in [1.807, 2.05) is 43.3 Å². The Balaban J connectivity index is 1.27. The Morgan fingerprint density at radius 1 is 1.09 bits per heavy atom. The van der Waals surface area contributed by atoms with Crippen molar-refractivity contribution in [1.82, 2.24) is 10.2 Å². The molecule has 2 aromatic carbocycles. The first-order chi connectivity index (χ1) is 15.5. The Morgan fingerprint density at radius 3 is 2.56 bits per heavy atom. The van der Waals surface area contributed by atoms with Crippen LogP contribution in [0.5, 0.6) is 17.2 Å². The normalized spacial score (nSPS) is 17.4. The molecule has 1 saturated heterocycles. The molecule has 170 valence electrons. The maximum atomic E-state index is 13.0. The quantitative estimate of drug-likeness (QED) is 0.669. The fraction of sp³-hybridized carbons (Fsp3) is 0.440. The summed E-state index contributed by atoms with van der Waals surface area (Å²) >= 11 is 0. The molecule has 4 rings (SSSR count). The third kappa shape index (κ3) is 5.05. The number of benzene rings is 2. The van der Waals surface area contributed by atoms with E-state index in [9.17, 15) is 9.59 Å². The second kappa shape index (κ2) is 10.0. The van der Waals surface area contributed by atoms with Gasteiger partial charge in [-0.15, -0.1) is 0 Å². The number of ketones is 1. The topological polar surface area (TPSA) is 77.1 Å². The molecule has 7 heteroatoms. The van der Waals surface area contributed by atoms with Crippen molar-refractivity contribution in [3.63, 3.8) is 0 Å². The van der Waals surface area contributed by atoms with E-state index in [0.717, 1.165) is 37.2 Å². The summed E-state index contributed by atoms with van der Waals surface area (Å²) in [4.78, 5) is 27.7. The fourth-order valence-electron chi connectivity index (χ4n) is 4.38. The number of ether oxygens (including phenoxy) is 3. The lowest BCUT2D eigenvalue weighted by Gasteiger charge is -2.31. The molecule has 1 N–H and O–H groups in total. The van der Waals surface area contributed by atoms with Crippen molar-refractivity contribution < 1.29 is 23.8 Å². The van der Waals surface area contributed by atoms with Crippen LogP contribution in [0.15, 0.2) is 42.5 Å². The molecule has 1 fully saturated rings. The SMILES string of the molecule is COc1ccccc1[C@@H](C)NC(=O)CN1CCC(C(=O)c2ccc3c(c2)OCCO3)CC1. The van der Waals surface area contributed by atoms with Crippen LogP contribution >= 0.6 is 0 Å². The molecule has 0 aromatic heterocycles. The van der Waals surface area contributed by atoms with E-state index in [2.05, 4.69) is 10.2 Å². The summed E-state index contributed by atoms with van der Waals surface area (Å²) in [6.45, 7) is 4.75. The number of likely N-dealkylation sites (tertiary alicyclic amines) is 1. The van der Waals surface area contributed by atoms with Gasteiger partial charge >= 0.3 is 0 Å². The number of nitrogens with zero attached hydrogens (tertiary/aromatic N) is 1.